The van der Waals surface area contributed by atoms with Crippen LogP contribution in [0.2, 0.25) is 10.0 Å². The lowest BCUT2D eigenvalue weighted by atomic mass is 9.96. The van der Waals surface area contributed by atoms with Crippen molar-refractivity contribution in [2.24, 2.45) is 0 Å². The van der Waals surface area contributed by atoms with Gasteiger partial charge in [0, 0.05) is 23.0 Å². The number of halogens is 3. The molecule has 0 aliphatic carbocycles. The predicted octanol–water partition coefficient (Wildman–Crippen LogP) is 5.76. The third kappa shape index (κ3) is 3.66. The standard InChI is InChI=1S/C23H12Cl2FN3O3S/c24-13-3-1-2-12(8-13)20(30)18-19(11-4-6-27-7-5-11)29(22(32)21(18)31)23-28-16-9-14(25)15(26)10-17(16)33-23/h1-10,19,30H/b20-18+. The normalized spacial score (nSPS) is 17.8. The Morgan fingerprint density at radius 2 is 1.85 bits per heavy atom. The number of fused-ring (bicyclic) bond motifs is 1. The van der Waals surface area contributed by atoms with Gasteiger partial charge in [-0.3, -0.25) is 19.5 Å². The van der Waals surface area contributed by atoms with Gasteiger partial charge in [0.2, 0.25) is 0 Å². The lowest BCUT2D eigenvalue weighted by molar-refractivity contribution is -0.132. The summed E-state index contributed by atoms with van der Waals surface area (Å²) in [6, 6.07) is 11.2. The van der Waals surface area contributed by atoms with Gasteiger partial charge < -0.3 is 5.11 Å². The van der Waals surface area contributed by atoms with Gasteiger partial charge in [0.15, 0.2) is 5.13 Å². The molecule has 1 saturated heterocycles. The second-order valence-electron chi connectivity index (χ2n) is 7.19. The van der Waals surface area contributed by atoms with Crippen molar-refractivity contribution in [2.75, 3.05) is 4.90 Å². The number of carbonyl (C=O) groups is 2. The van der Waals surface area contributed by atoms with Gasteiger partial charge in [0.1, 0.15) is 11.6 Å². The number of carbonyl (C=O) groups excluding carboxylic acids is 2. The number of amides is 1. The summed E-state index contributed by atoms with van der Waals surface area (Å²) >= 11 is 13.0. The molecule has 2 aromatic carbocycles. The minimum atomic E-state index is -0.979. The fraction of sp³-hybridized carbons (Fsp3) is 0.0435. The monoisotopic (exact) mass is 499 g/mol. The zero-order valence-electron chi connectivity index (χ0n) is 16.5. The molecule has 5 rings (SSSR count). The number of hydrogen-bond acceptors (Lipinski definition) is 6. The van der Waals surface area contributed by atoms with Crippen LogP contribution in [0.4, 0.5) is 9.52 Å². The van der Waals surface area contributed by atoms with Crippen LogP contribution >= 0.6 is 34.5 Å². The second-order valence-corrected chi connectivity index (χ2v) is 9.04. The first-order chi connectivity index (χ1) is 15.8. The van der Waals surface area contributed by atoms with Crippen molar-refractivity contribution in [2.45, 2.75) is 6.04 Å². The SMILES string of the molecule is O=C1C(=O)N(c2nc3cc(Cl)c(F)cc3s2)C(c2ccncc2)/C1=C(\O)c1cccc(Cl)c1. The van der Waals surface area contributed by atoms with Crippen molar-refractivity contribution in [3.8, 4) is 0 Å². The van der Waals surface area contributed by atoms with E-state index < -0.39 is 23.5 Å². The maximum absolute atomic E-state index is 14.0. The Hall–Kier alpha value is -3.33. The van der Waals surface area contributed by atoms with Crippen LogP contribution in [0.15, 0.2) is 66.5 Å². The number of thiazole rings is 1. The average Bonchev–Trinajstić information content (AvgIpc) is 3.32. The molecule has 1 aliphatic heterocycles. The molecule has 3 heterocycles. The Morgan fingerprint density at radius 3 is 2.58 bits per heavy atom. The van der Waals surface area contributed by atoms with E-state index >= 15 is 0 Å². The lowest BCUT2D eigenvalue weighted by Crippen LogP contribution is -2.29. The summed E-state index contributed by atoms with van der Waals surface area (Å²) in [4.78, 5) is 35.9. The summed E-state index contributed by atoms with van der Waals surface area (Å²) in [5.41, 5.74) is 1.09. The number of rotatable bonds is 3. The molecule has 0 spiro atoms. The number of hydrogen-bond donors (Lipinski definition) is 1. The Labute approximate surface area is 200 Å². The van der Waals surface area contributed by atoms with Crippen LogP contribution in [-0.4, -0.2) is 26.8 Å². The number of aromatic nitrogens is 2. The summed E-state index contributed by atoms with van der Waals surface area (Å²) in [7, 11) is 0. The predicted molar refractivity (Wildman–Crippen MR) is 125 cm³/mol. The van der Waals surface area contributed by atoms with E-state index in [1.54, 1.807) is 30.3 Å². The largest absolute Gasteiger partial charge is 0.507 e. The second kappa shape index (κ2) is 8.22. The maximum Gasteiger partial charge on any atom is 0.301 e. The van der Waals surface area contributed by atoms with E-state index in [1.165, 1.54) is 35.5 Å². The molecule has 2 aromatic heterocycles. The first-order valence-corrected chi connectivity index (χ1v) is 11.1. The minimum absolute atomic E-state index is 0.104. The molecule has 1 atom stereocenters. The van der Waals surface area contributed by atoms with Crippen molar-refractivity contribution in [1.29, 1.82) is 0 Å². The summed E-state index contributed by atoms with van der Waals surface area (Å²) in [5.74, 6) is -2.73. The molecule has 1 N–H and O–H groups in total. The number of anilines is 1. The van der Waals surface area contributed by atoms with Crippen LogP contribution in [-0.2, 0) is 9.59 Å². The molecule has 6 nitrogen and oxygen atoms in total. The van der Waals surface area contributed by atoms with Crippen LogP contribution in [0.25, 0.3) is 16.0 Å². The molecule has 164 valence electrons. The molecule has 10 heteroatoms. The van der Waals surface area contributed by atoms with Gasteiger partial charge in [-0.15, -0.1) is 0 Å². The molecule has 33 heavy (non-hydrogen) atoms. The van der Waals surface area contributed by atoms with Gasteiger partial charge in [0.25, 0.3) is 5.78 Å². The first kappa shape index (κ1) is 21.5. The number of Topliss-reactive ketones (excluding diaryl/α,β-unsaturated/α-hetero) is 1. The van der Waals surface area contributed by atoms with Crippen LogP contribution in [0.1, 0.15) is 17.2 Å². The molecular weight excluding hydrogens is 488 g/mol. The van der Waals surface area contributed by atoms with E-state index in [0.717, 1.165) is 11.3 Å². The Bertz CT molecular complexity index is 1430. The highest BCUT2D eigenvalue weighted by atomic mass is 35.5. The Kier molecular flexibility index (Phi) is 5.36. The van der Waals surface area contributed by atoms with Gasteiger partial charge in [0.05, 0.1) is 26.9 Å². The van der Waals surface area contributed by atoms with Gasteiger partial charge >= 0.3 is 5.91 Å². The van der Waals surface area contributed by atoms with Crippen molar-refractivity contribution in [3.05, 3.63) is 93.5 Å². The molecule has 1 aliphatic rings. The number of benzene rings is 2. The van der Waals surface area contributed by atoms with E-state index in [1.807, 2.05) is 0 Å². The van der Waals surface area contributed by atoms with Crippen LogP contribution in [0.3, 0.4) is 0 Å². The zero-order valence-corrected chi connectivity index (χ0v) is 18.8. The van der Waals surface area contributed by atoms with Crippen molar-refractivity contribution >= 4 is 67.3 Å². The van der Waals surface area contributed by atoms with Gasteiger partial charge in [-0.2, -0.15) is 0 Å². The molecule has 4 aromatic rings. The summed E-state index contributed by atoms with van der Waals surface area (Å²) in [5, 5.41) is 11.5. The summed E-state index contributed by atoms with van der Waals surface area (Å²) in [6.45, 7) is 0. The number of nitrogens with zero attached hydrogens (tertiary/aromatic N) is 3. The summed E-state index contributed by atoms with van der Waals surface area (Å²) in [6.07, 6.45) is 3.03. The maximum atomic E-state index is 14.0. The topological polar surface area (TPSA) is 83.4 Å². The number of ketones is 1. The first-order valence-electron chi connectivity index (χ1n) is 9.57. The third-order valence-electron chi connectivity index (χ3n) is 5.19. The minimum Gasteiger partial charge on any atom is -0.507 e. The summed E-state index contributed by atoms with van der Waals surface area (Å²) < 4.78 is 14.4. The Morgan fingerprint density at radius 1 is 1.09 bits per heavy atom. The van der Waals surface area contributed by atoms with E-state index in [4.69, 9.17) is 23.2 Å². The number of aliphatic hydroxyl groups excluding tert-OH is 1. The molecule has 1 amide bonds. The smallest absolute Gasteiger partial charge is 0.301 e. The van der Waals surface area contributed by atoms with Crippen molar-refractivity contribution < 1.29 is 19.1 Å². The highest BCUT2D eigenvalue weighted by Crippen LogP contribution is 2.44. The van der Waals surface area contributed by atoms with Crippen molar-refractivity contribution in [3.63, 3.8) is 0 Å². The van der Waals surface area contributed by atoms with E-state index in [9.17, 15) is 19.1 Å². The van der Waals surface area contributed by atoms with E-state index in [0.29, 0.717) is 20.8 Å². The average molecular weight is 500 g/mol. The molecule has 1 unspecified atom stereocenters. The van der Waals surface area contributed by atoms with Crippen LogP contribution in [0.5, 0.6) is 0 Å². The van der Waals surface area contributed by atoms with Crippen molar-refractivity contribution in [1.82, 2.24) is 9.97 Å². The third-order valence-corrected chi connectivity index (χ3v) is 6.73. The number of aliphatic hydroxyl groups is 1. The van der Waals surface area contributed by atoms with Gasteiger partial charge in [-0.05, 0) is 42.0 Å². The molecule has 1 fully saturated rings. The molecule has 0 radical (unpaired) electrons. The fourth-order valence-electron chi connectivity index (χ4n) is 3.70. The van der Waals surface area contributed by atoms with Crippen LogP contribution < -0.4 is 4.90 Å². The van der Waals surface area contributed by atoms with E-state index in [2.05, 4.69) is 9.97 Å². The van der Waals surface area contributed by atoms with Gasteiger partial charge in [-0.25, -0.2) is 9.37 Å². The quantitative estimate of drug-likeness (QED) is 0.220. The van der Waals surface area contributed by atoms with Crippen LogP contribution in [0, 0.1) is 5.82 Å². The zero-order chi connectivity index (χ0) is 23.3. The highest BCUT2D eigenvalue weighted by Gasteiger charge is 2.48. The van der Waals surface area contributed by atoms with Gasteiger partial charge in [-0.1, -0.05) is 46.7 Å². The number of pyridine rings is 1. The molecular formula is C23H12Cl2FN3O3S. The highest BCUT2D eigenvalue weighted by molar-refractivity contribution is 7.22. The Balaban J connectivity index is 1.73. The fourth-order valence-corrected chi connectivity index (χ4v) is 5.04. The molecule has 0 bridgehead atoms. The van der Waals surface area contributed by atoms with E-state index in [-0.39, 0.29) is 27.0 Å². The molecule has 0 saturated carbocycles. The lowest BCUT2D eigenvalue weighted by Gasteiger charge is -2.22.